The van der Waals surface area contributed by atoms with E-state index in [4.69, 9.17) is 4.55 Å². The molecule has 0 bridgehead atoms. The molecular formula is C8H12F2O5S. The van der Waals surface area contributed by atoms with Crippen LogP contribution in [0.3, 0.4) is 0 Å². The minimum atomic E-state index is -5.53. The third-order valence-electron chi connectivity index (χ3n) is 2.45. The van der Waals surface area contributed by atoms with Crippen LogP contribution in [-0.2, 0) is 19.6 Å². The van der Waals surface area contributed by atoms with E-state index in [2.05, 4.69) is 4.74 Å². The van der Waals surface area contributed by atoms with Gasteiger partial charge in [0, 0.05) is 0 Å². The van der Waals surface area contributed by atoms with Crippen LogP contribution in [0.15, 0.2) is 0 Å². The Labute approximate surface area is 91.5 Å². The number of hydrogen-bond acceptors (Lipinski definition) is 4. The van der Waals surface area contributed by atoms with Crippen molar-refractivity contribution < 1.29 is 31.3 Å². The Morgan fingerprint density at radius 3 is 2.31 bits per heavy atom. The first-order valence-corrected chi connectivity index (χ1v) is 6.19. The van der Waals surface area contributed by atoms with Crippen molar-refractivity contribution in [2.24, 2.45) is 5.92 Å². The Hall–Kier alpha value is -0.760. The number of rotatable bonds is 4. The van der Waals surface area contributed by atoms with Gasteiger partial charge in [0.05, 0.1) is 5.92 Å². The van der Waals surface area contributed by atoms with Gasteiger partial charge in [-0.2, -0.15) is 17.2 Å². The quantitative estimate of drug-likeness (QED) is 0.605. The number of halogens is 2. The molecule has 0 saturated heterocycles. The molecule has 0 aromatic heterocycles. The lowest BCUT2D eigenvalue weighted by molar-refractivity contribution is -0.154. The van der Waals surface area contributed by atoms with Crippen molar-refractivity contribution in [2.75, 3.05) is 6.61 Å². The number of hydrogen-bond donors (Lipinski definition) is 1. The fourth-order valence-corrected chi connectivity index (χ4v) is 1.72. The molecular weight excluding hydrogens is 246 g/mol. The highest BCUT2D eigenvalue weighted by molar-refractivity contribution is 7.86. The fraction of sp³-hybridized carbons (Fsp3) is 0.875. The van der Waals surface area contributed by atoms with Crippen molar-refractivity contribution in [1.82, 2.24) is 0 Å². The molecule has 94 valence electrons. The first-order valence-electron chi connectivity index (χ1n) is 4.75. The molecule has 0 heterocycles. The molecule has 0 radical (unpaired) electrons. The average molecular weight is 258 g/mol. The molecule has 8 heteroatoms. The van der Waals surface area contributed by atoms with Crippen molar-refractivity contribution in [3.8, 4) is 0 Å². The molecule has 0 aromatic carbocycles. The van der Waals surface area contributed by atoms with E-state index in [1.165, 1.54) is 0 Å². The van der Waals surface area contributed by atoms with Crippen LogP contribution in [0.2, 0.25) is 0 Å². The van der Waals surface area contributed by atoms with Gasteiger partial charge < -0.3 is 4.74 Å². The summed E-state index contributed by atoms with van der Waals surface area (Å²) in [7, 11) is -5.53. The summed E-state index contributed by atoms with van der Waals surface area (Å²) in [5, 5.41) is -4.44. The van der Waals surface area contributed by atoms with Crippen molar-refractivity contribution in [1.29, 1.82) is 0 Å². The van der Waals surface area contributed by atoms with Gasteiger partial charge in [0.25, 0.3) is 0 Å². The summed E-state index contributed by atoms with van der Waals surface area (Å²) >= 11 is 0. The molecule has 1 saturated carbocycles. The molecule has 16 heavy (non-hydrogen) atoms. The number of carbonyl (C=O) groups is 1. The van der Waals surface area contributed by atoms with Gasteiger partial charge in [-0.25, -0.2) is 0 Å². The maximum atomic E-state index is 12.7. The highest BCUT2D eigenvalue weighted by Gasteiger charge is 2.46. The molecule has 0 amide bonds. The lowest BCUT2D eigenvalue weighted by atomic mass is 10.1. The van der Waals surface area contributed by atoms with Crippen molar-refractivity contribution in [3.05, 3.63) is 0 Å². The standard InChI is InChI=1S/C8H12F2O5S/c9-8(10,16(12,13)14)5-15-7(11)6-3-1-2-4-6/h6H,1-5H2,(H,12,13,14). The zero-order valence-corrected chi connectivity index (χ0v) is 9.17. The van der Waals surface area contributed by atoms with Crippen LogP contribution in [0.5, 0.6) is 0 Å². The summed E-state index contributed by atoms with van der Waals surface area (Å²) < 4.78 is 58.1. The Balaban J connectivity index is 2.48. The van der Waals surface area contributed by atoms with Gasteiger partial charge in [0.2, 0.25) is 0 Å². The highest BCUT2D eigenvalue weighted by Crippen LogP contribution is 2.27. The average Bonchev–Trinajstić information content (AvgIpc) is 2.65. The van der Waals surface area contributed by atoms with Crippen LogP contribution < -0.4 is 0 Å². The Morgan fingerprint density at radius 1 is 1.38 bits per heavy atom. The molecule has 1 fully saturated rings. The molecule has 5 nitrogen and oxygen atoms in total. The van der Waals surface area contributed by atoms with Crippen LogP contribution in [0.25, 0.3) is 0 Å². The molecule has 1 N–H and O–H groups in total. The van der Waals surface area contributed by atoms with Gasteiger partial charge in [-0.1, -0.05) is 12.8 Å². The van der Waals surface area contributed by atoms with Crippen LogP contribution >= 0.6 is 0 Å². The van der Waals surface area contributed by atoms with E-state index in [0.717, 1.165) is 12.8 Å². The van der Waals surface area contributed by atoms with E-state index >= 15 is 0 Å². The minimum absolute atomic E-state index is 0.433. The van der Waals surface area contributed by atoms with E-state index in [1.807, 2.05) is 0 Å². The second-order valence-corrected chi connectivity index (χ2v) is 5.25. The molecule has 1 aliphatic rings. The summed E-state index contributed by atoms with van der Waals surface area (Å²) in [4.78, 5) is 11.2. The SMILES string of the molecule is O=C(OCC(F)(F)S(=O)(=O)O)C1CCCC1. The lowest BCUT2D eigenvalue weighted by Gasteiger charge is -2.14. The van der Waals surface area contributed by atoms with Crippen molar-refractivity contribution >= 4 is 16.1 Å². The summed E-state index contributed by atoms with van der Waals surface area (Å²) in [6.07, 6.45) is 2.79. The predicted molar refractivity (Wildman–Crippen MR) is 49.4 cm³/mol. The zero-order chi connectivity index (χ0) is 12.4. The van der Waals surface area contributed by atoms with E-state index in [-0.39, 0.29) is 0 Å². The summed E-state index contributed by atoms with van der Waals surface area (Å²) in [6.45, 7) is -1.64. The number of esters is 1. The monoisotopic (exact) mass is 258 g/mol. The Kier molecular flexibility index (Phi) is 3.84. The number of ether oxygens (including phenoxy) is 1. The van der Waals surface area contributed by atoms with E-state index in [9.17, 15) is 22.0 Å². The van der Waals surface area contributed by atoms with Crippen LogP contribution in [0.1, 0.15) is 25.7 Å². The van der Waals surface area contributed by atoms with E-state index < -0.39 is 33.9 Å². The van der Waals surface area contributed by atoms with Gasteiger partial charge in [-0.15, -0.1) is 0 Å². The maximum absolute atomic E-state index is 12.7. The van der Waals surface area contributed by atoms with Crippen LogP contribution in [-0.4, -0.2) is 30.8 Å². The Morgan fingerprint density at radius 2 is 1.88 bits per heavy atom. The van der Waals surface area contributed by atoms with E-state index in [0.29, 0.717) is 12.8 Å². The van der Waals surface area contributed by atoms with Gasteiger partial charge in [-0.05, 0) is 12.8 Å². The van der Waals surface area contributed by atoms with Gasteiger partial charge >= 0.3 is 21.3 Å². The van der Waals surface area contributed by atoms with Gasteiger partial charge in [0.1, 0.15) is 0 Å². The molecule has 0 spiro atoms. The molecule has 1 aliphatic carbocycles. The lowest BCUT2D eigenvalue weighted by Crippen LogP contribution is -2.35. The second-order valence-electron chi connectivity index (χ2n) is 3.70. The summed E-state index contributed by atoms with van der Waals surface area (Å²) in [5.41, 5.74) is 0. The highest BCUT2D eigenvalue weighted by atomic mass is 32.2. The summed E-state index contributed by atoms with van der Waals surface area (Å²) in [5.74, 6) is -1.27. The number of alkyl halides is 2. The molecule has 0 atom stereocenters. The normalized spacial score (nSPS) is 18.7. The zero-order valence-electron chi connectivity index (χ0n) is 8.36. The van der Waals surface area contributed by atoms with Crippen molar-refractivity contribution in [2.45, 2.75) is 30.9 Å². The van der Waals surface area contributed by atoms with E-state index in [1.54, 1.807) is 0 Å². The van der Waals surface area contributed by atoms with Gasteiger partial charge in [-0.3, -0.25) is 9.35 Å². The molecule has 0 aliphatic heterocycles. The maximum Gasteiger partial charge on any atom is 0.402 e. The smallest absolute Gasteiger partial charge is 0.402 e. The molecule has 1 rings (SSSR count). The minimum Gasteiger partial charge on any atom is -0.458 e. The molecule has 0 unspecified atom stereocenters. The first kappa shape index (κ1) is 13.3. The third kappa shape index (κ3) is 3.11. The van der Waals surface area contributed by atoms with Crippen LogP contribution in [0.4, 0.5) is 8.78 Å². The predicted octanol–water partition coefficient (Wildman–Crippen LogP) is 1.20. The van der Waals surface area contributed by atoms with Gasteiger partial charge in [0.15, 0.2) is 6.61 Å². The van der Waals surface area contributed by atoms with Crippen molar-refractivity contribution in [3.63, 3.8) is 0 Å². The molecule has 0 aromatic rings. The second kappa shape index (κ2) is 4.62. The first-order chi connectivity index (χ1) is 7.24. The Bertz CT molecular complexity index is 359. The topological polar surface area (TPSA) is 80.7 Å². The largest absolute Gasteiger partial charge is 0.458 e. The fourth-order valence-electron chi connectivity index (χ4n) is 1.51. The third-order valence-corrected chi connectivity index (χ3v) is 3.32. The summed E-state index contributed by atoms with van der Waals surface area (Å²) in [6, 6.07) is 0. The van der Waals surface area contributed by atoms with Crippen LogP contribution in [0, 0.1) is 5.92 Å². The number of carbonyl (C=O) groups excluding carboxylic acids is 1.